The van der Waals surface area contributed by atoms with Crippen LogP contribution in [-0.4, -0.2) is 16.0 Å². The van der Waals surface area contributed by atoms with Crippen LogP contribution in [0.3, 0.4) is 0 Å². The highest BCUT2D eigenvalue weighted by Crippen LogP contribution is 2.33. The van der Waals surface area contributed by atoms with E-state index in [1.165, 1.54) is 6.20 Å². The molecular weight excluding hydrogens is 216 g/mol. The number of hydrogen-bond donors (Lipinski definition) is 2. The first-order valence-corrected chi connectivity index (χ1v) is 5.29. The average molecular weight is 226 g/mol. The second-order valence-electron chi connectivity index (χ2n) is 3.91. The molecule has 0 saturated heterocycles. The van der Waals surface area contributed by atoms with Gasteiger partial charge < -0.3 is 10.4 Å². The summed E-state index contributed by atoms with van der Waals surface area (Å²) in [7, 11) is 0. The number of fused-ring (bicyclic) bond motifs is 2. The van der Waals surface area contributed by atoms with Crippen molar-refractivity contribution in [1.29, 1.82) is 0 Å². The summed E-state index contributed by atoms with van der Waals surface area (Å²) in [4.78, 5) is 15.9. The minimum Gasteiger partial charge on any atom is -0.383 e. The van der Waals surface area contributed by atoms with Gasteiger partial charge in [0.1, 0.15) is 6.10 Å². The fourth-order valence-electron chi connectivity index (χ4n) is 2.04. The number of aromatic nitrogens is 1. The van der Waals surface area contributed by atoms with Crippen LogP contribution in [0.15, 0.2) is 42.7 Å². The van der Waals surface area contributed by atoms with Crippen LogP contribution in [-0.2, 0) is 0 Å². The molecule has 17 heavy (non-hydrogen) atoms. The second kappa shape index (κ2) is 3.68. The topological polar surface area (TPSA) is 62.2 Å². The van der Waals surface area contributed by atoms with E-state index >= 15 is 0 Å². The molecular formula is C13H10N2O2. The van der Waals surface area contributed by atoms with E-state index in [1.54, 1.807) is 24.4 Å². The SMILES string of the molecule is O=C1Nc2ccccc2C(O)c2cnccc21. The third-order valence-corrected chi connectivity index (χ3v) is 2.89. The number of carbonyl (C=O) groups is 1. The average Bonchev–Trinajstić information content (AvgIpc) is 2.48. The molecule has 2 heterocycles. The summed E-state index contributed by atoms with van der Waals surface area (Å²) in [6.45, 7) is 0. The molecule has 0 aliphatic carbocycles. The first-order chi connectivity index (χ1) is 8.27. The zero-order chi connectivity index (χ0) is 11.8. The number of nitrogens with zero attached hydrogens (tertiary/aromatic N) is 1. The molecule has 0 bridgehead atoms. The molecule has 1 aliphatic rings. The Labute approximate surface area is 97.9 Å². The summed E-state index contributed by atoms with van der Waals surface area (Å²) in [5.41, 5.74) is 2.33. The Bertz CT molecular complexity index is 595. The number of aliphatic hydroxyl groups is 1. The summed E-state index contributed by atoms with van der Waals surface area (Å²) < 4.78 is 0. The van der Waals surface area contributed by atoms with E-state index in [9.17, 15) is 9.90 Å². The molecule has 0 radical (unpaired) electrons. The van der Waals surface area contributed by atoms with Crippen LogP contribution in [0.25, 0.3) is 0 Å². The first kappa shape index (κ1) is 9.99. The lowest BCUT2D eigenvalue weighted by Crippen LogP contribution is -2.12. The van der Waals surface area contributed by atoms with Gasteiger partial charge in [0.15, 0.2) is 0 Å². The van der Waals surface area contributed by atoms with Gasteiger partial charge >= 0.3 is 0 Å². The van der Waals surface area contributed by atoms with E-state index in [-0.39, 0.29) is 5.91 Å². The van der Waals surface area contributed by atoms with E-state index in [0.717, 1.165) is 0 Å². The van der Waals surface area contributed by atoms with Crippen molar-refractivity contribution in [2.24, 2.45) is 0 Å². The van der Waals surface area contributed by atoms with Crippen molar-refractivity contribution in [3.63, 3.8) is 0 Å². The lowest BCUT2D eigenvalue weighted by atomic mass is 9.99. The fourth-order valence-corrected chi connectivity index (χ4v) is 2.04. The van der Waals surface area contributed by atoms with Crippen molar-refractivity contribution >= 4 is 11.6 Å². The molecule has 2 N–H and O–H groups in total. The number of amides is 1. The maximum Gasteiger partial charge on any atom is 0.256 e. The molecule has 1 aromatic heterocycles. The number of rotatable bonds is 0. The molecule has 1 aliphatic heterocycles. The van der Waals surface area contributed by atoms with Crippen molar-refractivity contribution in [3.8, 4) is 0 Å². The number of carbonyl (C=O) groups excluding carboxylic acids is 1. The van der Waals surface area contributed by atoms with Gasteiger partial charge in [-0.05, 0) is 12.1 Å². The van der Waals surface area contributed by atoms with Gasteiger partial charge in [-0.25, -0.2) is 0 Å². The molecule has 1 aromatic carbocycles. The van der Waals surface area contributed by atoms with Gasteiger partial charge in [0.05, 0.1) is 0 Å². The van der Waals surface area contributed by atoms with Gasteiger partial charge in [0.2, 0.25) is 0 Å². The minimum absolute atomic E-state index is 0.216. The number of benzene rings is 1. The Kier molecular flexibility index (Phi) is 2.16. The van der Waals surface area contributed by atoms with Crippen molar-refractivity contribution in [3.05, 3.63) is 59.4 Å². The molecule has 2 aromatic rings. The molecule has 1 unspecified atom stereocenters. The predicted molar refractivity (Wildman–Crippen MR) is 62.7 cm³/mol. The molecule has 84 valence electrons. The van der Waals surface area contributed by atoms with Gasteiger partial charge in [0.25, 0.3) is 5.91 Å². The van der Waals surface area contributed by atoms with E-state index in [0.29, 0.717) is 22.4 Å². The van der Waals surface area contributed by atoms with Crippen LogP contribution in [0.1, 0.15) is 27.6 Å². The lowest BCUT2D eigenvalue weighted by molar-refractivity contribution is 0.102. The van der Waals surface area contributed by atoms with Crippen molar-refractivity contribution in [1.82, 2.24) is 4.98 Å². The summed E-state index contributed by atoms with van der Waals surface area (Å²) in [6.07, 6.45) is 2.25. The smallest absolute Gasteiger partial charge is 0.256 e. The van der Waals surface area contributed by atoms with Crippen LogP contribution < -0.4 is 5.32 Å². The van der Waals surface area contributed by atoms with Crippen LogP contribution in [0.2, 0.25) is 0 Å². The monoisotopic (exact) mass is 226 g/mol. The number of para-hydroxylation sites is 1. The van der Waals surface area contributed by atoms with E-state index < -0.39 is 6.10 Å². The Morgan fingerprint density at radius 1 is 1.18 bits per heavy atom. The Hall–Kier alpha value is -2.20. The Morgan fingerprint density at radius 3 is 2.88 bits per heavy atom. The highest BCUT2D eigenvalue weighted by atomic mass is 16.3. The number of nitrogens with one attached hydrogen (secondary N) is 1. The van der Waals surface area contributed by atoms with E-state index in [4.69, 9.17) is 0 Å². The number of aliphatic hydroxyl groups excluding tert-OH is 1. The van der Waals surface area contributed by atoms with Gasteiger partial charge in [-0.3, -0.25) is 9.78 Å². The first-order valence-electron chi connectivity index (χ1n) is 5.29. The number of hydrogen-bond acceptors (Lipinski definition) is 3. The number of pyridine rings is 1. The highest BCUT2D eigenvalue weighted by molar-refractivity contribution is 6.06. The largest absolute Gasteiger partial charge is 0.383 e. The van der Waals surface area contributed by atoms with Gasteiger partial charge in [-0.2, -0.15) is 0 Å². The maximum absolute atomic E-state index is 12.0. The molecule has 0 saturated carbocycles. The number of anilines is 1. The van der Waals surface area contributed by atoms with Crippen LogP contribution in [0.5, 0.6) is 0 Å². The summed E-state index contributed by atoms with van der Waals surface area (Å²) in [5, 5.41) is 13.1. The van der Waals surface area contributed by atoms with Crippen molar-refractivity contribution in [2.45, 2.75) is 6.10 Å². The Balaban J connectivity index is 2.26. The Morgan fingerprint density at radius 2 is 2.00 bits per heavy atom. The van der Waals surface area contributed by atoms with Crippen LogP contribution >= 0.6 is 0 Å². The molecule has 1 amide bonds. The van der Waals surface area contributed by atoms with Crippen LogP contribution in [0.4, 0.5) is 5.69 Å². The lowest BCUT2D eigenvalue weighted by Gasteiger charge is -2.11. The second-order valence-corrected chi connectivity index (χ2v) is 3.91. The fraction of sp³-hybridized carbons (Fsp3) is 0.0769. The quantitative estimate of drug-likeness (QED) is 0.719. The van der Waals surface area contributed by atoms with E-state index in [1.807, 2.05) is 12.1 Å². The zero-order valence-electron chi connectivity index (χ0n) is 8.92. The van der Waals surface area contributed by atoms with Crippen molar-refractivity contribution in [2.75, 3.05) is 5.32 Å². The molecule has 0 fully saturated rings. The minimum atomic E-state index is -0.825. The summed E-state index contributed by atoms with van der Waals surface area (Å²) in [5.74, 6) is -0.216. The van der Waals surface area contributed by atoms with E-state index in [2.05, 4.69) is 10.3 Å². The van der Waals surface area contributed by atoms with Gasteiger partial charge in [-0.1, -0.05) is 18.2 Å². The zero-order valence-corrected chi connectivity index (χ0v) is 8.92. The van der Waals surface area contributed by atoms with Crippen LogP contribution in [0, 0.1) is 0 Å². The van der Waals surface area contributed by atoms with Gasteiger partial charge in [0, 0.05) is 34.8 Å². The standard InChI is InChI=1S/C13H10N2O2/c16-12-9-3-1-2-4-11(9)15-13(17)8-5-6-14-7-10(8)12/h1-7,12,16H,(H,15,17). The van der Waals surface area contributed by atoms with Crippen molar-refractivity contribution < 1.29 is 9.90 Å². The predicted octanol–water partition coefficient (Wildman–Crippen LogP) is 1.73. The molecule has 1 atom stereocenters. The summed E-state index contributed by atoms with van der Waals surface area (Å²) in [6, 6.07) is 8.83. The maximum atomic E-state index is 12.0. The third-order valence-electron chi connectivity index (χ3n) is 2.89. The highest BCUT2D eigenvalue weighted by Gasteiger charge is 2.25. The molecule has 3 rings (SSSR count). The third kappa shape index (κ3) is 1.50. The molecule has 0 spiro atoms. The molecule has 4 heteroatoms. The summed E-state index contributed by atoms with van der Waals surface area (Å²) >= 11 is 0. The molecule has 4 nitrogen and oxygen atoms in total. The normalized spacial score (nSPS) is 17.7. The van der Waals surface area contributed by atoms with Gasteiger partial charge in [-0.15, -0.1) is 0 Å².